The molecular weight excluding hydrogens is 352 g/mol. The van der Waals surface area contributed by atoms with E-state index in [1.807, 2.05) is 39.9 Å². The summed E-state index contributed by atoms with van der Waals surface area (Å²) in [6, 6.07) is 9.94. The number of nitrogens with one attached hydrogen (secondary N) is 1. The van der Waals surface area contributed by atoms with Crippen molar-refractivity contribution in [3.05, 3.63) is 48.2 Å². The fourth-order valence-corrected chi connectivity index (χ4v) is 4.06. The van der Waals surface area contributed by atoms with E-state index in [1.165, 1.54) is 25.3 Å². The van der Waals surface area contributed by atoms with Gasteiger partial charge < -0.3 is 10.2 Å². The van der Waals surface area contributed by atoms with Crippen molar-refractivity contribution in [1.29, 1.82) is 0 Å². The molecule has 2 aromatic rings. The summed E-state index contributed by atoms with van der Waals surface area (Å²) in [5.74, 6) is 0.762. The SMILES string of the molecule is O=C(/C=C/c1ccc(N2CCCC2=O)cc1)Nc1ccnn1C1CCCCC1. The number of hydrogen-bond donors (Lipinski definition) is 1. The Bertz CT molecular complexity index is 863. The van der Waals surface area contributed by atoms with E-state index < -0.39 is 0 Å². The van der Waals surface area contributed by atoms with Crippen LogP contribution in [0.25, 0.3) is 6.08 Å². The van der Waals surface area contributed by atoms with E-state index in [1.54, 1.807) is 12.3 Å². The fraction of sp³-hybridized carbons (Fsp3) is 0.409. The normalized spacial score (nSPS) is 18.1. The zero-order chi connectivity index (χ0) is 19.3. The molecule has 146 valence electrons. The van der Waals surface area contributed by atoms with Crippen molar-refractivity contribution in [2.75, 3.05) is 16.8 Å². The maximum absolute atomic E-state index is 12.3. The summed E-state index contributed by atoms with van der Waals surface area (Å²) in [5.41, 5.74) is 1.84. The molecule has 6 nitrogen and oxygen atoms in total. The summed E-state index contributed by atoms with van der Waals surface area (Å²) < 4.78 is 1.95. The second-order valence-corrected chi connectivity index (χ2v) is 7.52. The number of aromatic nitrogens is 2. The summed E-state index contributed by atoms with van der Waals surface area (Å²) in [4.78, 5) is 26.0. The number of nitrogens with zero attached hydrogens (tertiary/aromatic N) is 3. The summed E-state index contributed by atoms with van der Waals surface area (Å²) in [6.07, 6.45) is 12.6. The van der Waals surface area contributed by atoms with Crippen molar-refractivity contribution in [2.45, 2.75) is 51.0 Å². The van der Waals surface area contributed by atoms with Gasteiger partial charge in [0.25, 0.3) is 0 Å². The Labute approximate surface area is 165 Å². The quantitative estimate of drug-likeness (QED) is 0.794. The monoisotopic (exact) mass is 378 g/mol. The number of carbonyl (C=O) groups excluding carboxylic acids is 2. The van der Waals surface area contributed by atoms with E-state index >= 15 is 0 Å². The summed E-state index contributed by atoms with van der Waals surface area (Å²) >= 11 is 0. The van der Waals surface area contributed by atoms with Crippen LogP contribution >= 0.6 is 0 Å². The van der Waals surface area contributed by atoms with E-state index in [4.69, 9.17) is 0 Å². The van der Waals surface area contributed by atoms with Gasteiger partial charge in [-0.05, 0) is 43.0 Å². The van der Waals surface area contributed by atoms with Gasteiger partial charge in [-0.3, -0.25) is 9.59 Å². The Morgan fingerprint density at radius 3 is 2.57 bits per heavy atom. The first-order chi connectivity index (χ1) is 13.7. The number of anilines is 2. The van der Waals surface area contributed by atoms with Gasteiger partial charge in [-0.1, -0.05) is 31.4 Å². The fourth-order valence-electron chi connectivity index (χ4n) is 4.06. The molecule has 4 rings (SSSR count). The van der Waals surface area contributed by atoms with E-state index in [2.05, 4.69) is 10.4 Å². The lowest BCUT2D eigenvalue weighted by Crippen LogP contribution is -2.23. The van der Waals surface area contributed by atoms with Crippen molar-refractivity contribution < 1.29 is 9.59 Å². The third-order valence-corrected chi connectivity index (χ3v) is 5.55. The van der Waals surface area contributed by atoms with Crippen LogP contribution in [-0.2, 0) is 9.59 Å². The highest BCUT2D eigenvalue weighted by Crippen LogP contribution is 2.30. The molecule has 0 bridgehead atoms. The lowest BCUT2D eigenvalue weighted by Gasteiger charge is -2.23. The minimum Gasteiger partial charge on any atom is -0.312 e. The largest absolute Gasteiger partial charge is 0.312 e. The van der Waals surface area contributed by atoms with Gasteiger partial charge in [0.15, 0.2) is 0 Å². The van der Waals surface area contributed by atoms with Crippen LogP contribution in [-0.4, -0.2) is 28.1 Å². The highest BCUT2D eigenvalue weighted by Gasteiger charge is 2.21. The first-order valence-electron chi connectivity index (χ1n) is 10.1. The minimum atomic E-state index is -0.170. The molecule has 1 aliphatic carbocycles. The van der Waals surface area contributed by atoms with Crippen molar-refractivity contribution in [1.82, 2.24) is 9.78 Å². The lowest BCUT2D eigenvalue weighted by atomic mass is 9.96. The average Bonchev–Trinajstić information content (AvgIpc) is 3.36. The highest BCUT2D eigenvalue weighted by atomic mass is 16.2. The topological polar surface area (TPSA) is 67.2 Å². The molecule has 0 atom stereocenters. The average molecular weight is 378 g/mol. The molecule has 1 saturated carbocycles. The molecule has 1 saturated heterocycles. The molecule has 1 N–H and O–H groups in total. The van der Waals surface area contributed by atoms with E-state index in [0.717, 1.165) is 42.9 Å². The molecule has 0 unspecified atom stereocenters. The van der Waals surface area contributed by atoms with Gasteiger partial charge in [-0.2, -0.15) is 5.10 Å². The summed E-state index contributed by atoms with van der Waals surface area (Å²) in [7, 11) is 0. The van der Waals surface area contributed by atoms with Crippen LogP contribution in [0.3, 0.4) is 0 Å². The Morgan fingerprint density at radius 1 is 1.07 bits per heavy atom. The van der Waals surface area contributed by atoms with Gasteiger partial charge >= 0.3 is 0 Å². The number of rotatable bonds is 5. The molecule has 6 heteroatoms. The van der Waals surface area contributed by atoms with Gasteiger partial charge in [0.2, 0.25) is 11.8 Å². The predicted octanol–water partition coefficient (Wildman–Crippen LogP) is 4.17. The summed E-state index contributed by atoms with van der Waals surface area (Å²) in [5, 5.41) is 7.35. The number of amides is 2. The molecule has 0 radical (unpaired) electrons. The molecule has 1 aliphatic heterocycles. The van der Waals surface area contributed by atoms with Crippen LogP contribution < -0.4 is 10.2 Å². The maximum Gasteiger partial charge on any atom is 0.249 e. The Balaban J connectivity index is 1.37. The third-order valence-electron chi connectivity index (χ3n) is 5.55. The van der Waals surface area contributed by atoms with Crippen molar-refractivity contribution in [2.24, 2.45) is 0 Å². The first-order valence-corrected chi connectivity index (χ1v) is 10.1. The van der Waals surface area contributed by atoms with E-state index in [9.17, 15) is 9.59 Å². The van der Waals surface area contributed by atoms with Crippen LogP contribution in [0.1, 0.15) is 56.6 Å². The summed E-state index contributed by atoms with van der Waals surface area (Å²) in [6.45, 7) is 0.783. The number of benzene rings is 1. The second kappa shape index (κ2) is 8.42. The highest BCUT2D eigenvalue weighted by molar-refractivity contribution is 6.01. The first kappa shape index (κ1) is 18.5. The lowest BCUT2D eigenvalue weighted by molar-refractivity contribution is -0.117. The van der Waals surface area contributed by atoms with Gasteiger partial charge in [-0.25, -0.2) is 4.68 Å². The van der Waals surface area contributed by atoms with E-state index in [0.29, 0.717) is 12.5 Å². The van der Waals surface area contributed by atoms with Gasteiger partial charge in [0, 0.05) is 30.8 Å². The molecule has 28 heavy (non-hydrogen) atoms. The molecule has 2 amide bonds. The van der Waals surface area contributed by atoms with Crippen LogP contribution in [0.5, 0.6) is 0 Å². The number of carbonyl (C=O) groups is 2. The van der Waals surface area contributed by atoms with Crippen molar-refractivity contribution in [3.63, 3.8) is 0 Å². The zero-order valence-corrected chi connectivity index (χ0v) is 16.0. The molecular formula is C22H26N4O2. The molecule has 2 fully saturated rings. The predicted molar refractivity (Wildman–Crippen MR) is 110 cm³/mol. The van der Waals surface area contributed by atoms with Crippen LogP contribution in [0, 0.1) is 0 Å². The molecule has 1 aromatic heterocycles. The van der Waals surface area contributed by atoms with E-state index in [-0.39, 0.29) is 11.8 Å². The Hall–Kier alpha value is -2.89. The molecule has 2 aliphatic rings. The number of hydrogen-bond acceptors (Lipinski definition) is 3. The van der Waals surface area contributed by atoms with Crippen LogP contribution in [0.4, 0.5) is 11.5 Å². The Kier molecular flexibility index (Phi) is 5.55. The Morgan fingerprint density at radius 2 is 1.86 bits per heavy atom. The molecule has 1 aromatic carbocycles. The third kappa shape index (κ3) is 4.16. The van der Waals surface area contributed by atoms with Crippen LogP contribution in [0.2, 0.25) is 0 Å². The smallest absolute Gasteiger partial charge is 0.249 e. The molecule has 0 spiro atoms. The van der Waals surface area contributed by atoms with Crippen molar-refractivity contribution >= 4 is 29.4 Å². The van der Waals surface area contributed by atoms with Crippen LogP contribution in [0.15, 0.2) is 42.6 Å². The van der Waals surface area contributed by atoms with Gasteiger partial charge in [0.1, 0.15) is 5.82 Å². The standard InChI is InChI=1S/C22H26N4O2/c27-21(24-20-14-15-23-26(20)19-5-2-1-3-6-19)13-10-17-8-11-18(12-9-17)25-16-4-7-22(25)28/h8-15,19H,1-7,16H2,(H,24,27)/b13-10+. The van der Waals surface area contributed by atoms with Crippen molar-refractivity contribution in [3.8, 4) is 0 Å². The van der Waals surface area contributed by atoms with Gasteiger partial charge in [-0.15, -0.1) is 0 Å². The minimum absolute atomic E-state index is 0.170. The van der Waals surface area contributed by atoms with Gasteiger partial charge in [0.05, 0.1) is 12.2 Å². The maximum atomic E-state index is 12.3. The zero-order valence-electron chi connectivity index (χ0n) is 16.0. The second-order valence-electron chi connectivity index (χ2n) is 7.52. The molecule has 2 heterocycles.